The largest absolute Gasteiger partial charge is 0.412 e. The Kier molecular flexibility index (Phi) is 12.5. The number of carbonyl (C=O) groups is 2. The van der Waals surface area contributed by atoms with Crippen molar-refractivity contribution in [2.24, 2.45) is 11.7 Å². The first kappa shape index (κ1) is 32.2. The zero-order chi connectivity index (χ0) is 24.8. The number of hydrogen-bond acceptors (Lipinski definition) is 6. The van der Waals surface area contributed by atoms with E-state index < -0.39 is 17.5 Å². The smallest absolute Gasteiger partial charge is 0.252 e. The van der Waals surface area contributed by atoms with Crippen molar-refractivity contribution in [3.8, 4) is 0 Å². The molecule has 0 radical (unpaired) electrons. The van der Waals surface area contributed by atoms with Crippen LogP contribution in [0.5, 0.6) is 0 Å². The van der Waals surface area contributed by atoms with Gasteiger partial charge < -0.3 is 38.0 Å². The molecule has 0 aliphatic carbocycles. The maximum absolute atomic E-state index is 13.5. The van der Waals surface area contributed by atoms with Crippen LogP contribution in [0, 0.1) is 17.6 Å². The molecule has 206 valence electrons. The normalized spacial score (nSPS) is 14.1. The van der Waals surface area contributed by atoms with Gasteiger partial charge in [0.1, 0.15) is 17.5 Å². The SMILES string of the molecule is Cl.NC(=O)c1cnc(Nc2cccc(NC(=O)[C@H]3CCCNC3)c2)cc1NCc1cc(F)cc(F)c1.O.O. The Morgan fingerprint density at radius 2 is 1.76 bits per heavy atom. The van der Waals surface area contributed by atoms with Crippen molar-refractivity contribution < 1.29 is 29.3 Å². The van der Waals surface area contributed by atoms with Crippen LogP contribution in [0.1, 0.15) is 28.8 Å². The zero-order valence-electron chi connectivity index (χ0n) is 20.3. The van der Waals surface area contributed by atoms with Crippen molar-refractivity contribution in [2.75, 3.05) is 29.0 Å². The standard InChI is InChI=1S/C25H26F2N6O2.ClH.2H2O/c26-17-7-15(8-18(27)9-17)12-30-22-11-23(31-14-21(22)24(28)34)32-19-4-1-5-20(10-19)33-25(35)16-3-2-6-29-13-16;;;/h1,4-5,7-11,14,16,29H,2-3,6,12-13H2,(H2,28,34)(H,33,35)(H2,30,31,32);1H;2*1H2/t16-;;;/m0.../s1. The molecule has 2 amide bonds. The van der Waals surface area contributed by atoms with Crippen molar-refractivity contribution in [1.29, 1.82) is 0 Å². The van der Waals surface area contributed by atoms with Gasteiger partial charge in [-0.05, 0) is 55.3 Å². The minimum atomic E-state index is -0.695. The summed E-state index contributed by atoms with van der Waals surface area (Å²) in [5.74, 6) is -1.77. The molecule has 4 rings (SSSR count). The van der Waals surface area contributed by atoms with E-state index in [1.54, 1.807) is 24.3 Å². The van der Waals surface area contributed by atoms with Crippen molar-refractivity contribution >= 4 is 47.1 Å². The van der Waals surface area contributed by atoms with Crippen LogP contribution in [0.25, 0.3) is 0 Å². The average Bonchev–Trinajstić information content (AvgIpc) is 2.83. The number of rotatable bonds is 8. The molecule has 2 heterocycles. The molecule has 2 aromatic carbocycles. The van der Waals surface area contributed by atoms with E-state index in [0.717, 1.165) is 25.5 Å². The fraction of sp³-hybridized carbons (Fsp3) is 0.240. The van der Waals surface area contributed by atoms with E-state index in [1.165, 1.54) is 18.3 Å². The fourth-order valence-corrected chi connectivity index (χ4v) is 3.92. The lowest BCUT2D eigenvalue weighted by molar-refractivity contribution is -0.120. The number of nitrogens with two attached hydrogens (primary N) is 1. The lowest BCUT2D eigenvalue weighted by Crippen LogP contribution is -2.37. The van der Waals surface area contributed by atoms with Crippen LogP contribution >= 0.6 is 12.4 Å². The molecule has 0 saturated carbocycles. The van der Waals surface area contributed by atoms with Gasteiger partial charge in [-0.2, -0.15) is 0 Å². The lowest BCUT2D eigenvalue weighted by atomic mass is 9.99. The number of amides is 2. The number of benzene rings is 2. The molecular weight excluding hydrogens is 522 g/mol. The molecule has 3 aromatic rings. The fourth-order valence-electron chi connectivity index (χ4n) is 3.92. The van der Waals surface area contributed by atoms with Crippen LogP contribution in [0.15, 0.2) is 54.7 Å². The number of piperidine rings is 1. The quantitative estimate of drug-likeness (QED) is 0.286. The molecule has 1 aromatic heterocycles. The van der Waals surface area contributed by atoms with E-state index in [0.29, 0.717) is 35.0 Å². The summed E-state index contributed by atoms with van der Waals surface area (Å²) in [6.45, 7) is 1.66. The highest BCUT2D eigenvalue weighted by atomic mass is 35.5. The van der Waals surface area contributed by atoms with Crippen LogP contribution in [-0.2, 0) is 11.3 Å². The summed E-state index contributed by atoms with van der Waals surface area (Å²) in [6.07, 6.45) is 3.14. The van der Waals surface area contributed by atoms with Crippen molar-refractivity contribution in [2.45, 2.75) is 19.4 Å². The molecule has 1 aliphatic rings. The van der Waals surface area contributed by atoms with E-state index in [4.69, 9.17) is 5.73 Å². The van der Waals surface area contributed by atoms with Crippen molar-refractivity contribution in [3.63, 3.8) is 0 Å². The Morgan fingerprint density at radius 3 is 2.42 bits per heavy atom. The van der Waals surface area contributed by atoms with Gasteiger partial charge in [0.15, 0.2) is 0 Å². The maximum atomic E-state index is 13.5. The summed E-state index contributed by atoms with van der Waals surface area (Å²) in [5.41, 5.74) is 7.62. The van der Waals surface area contributed by atoms with E-state index in [2.05, 4.69) is 26.3 Å². The second-order valence-corrected chi connectivity index (χ2v) is 8.35. The number of halogens is 3. The number of nitrogens with one attached hydrogen (secondary N) is 4. The zero-order valence-corrected chi connectivity index (χ0v) is 21.1. The molecule has 10 N–H and O–H groups in total. The van der Waals surface area contributed by atoms with Gasteiger partial charge in [0, 0.05) is 42.8 Å². The monoisotopic (exact) mass is 552 g/mol. The van der Waals surface area contributed by atoms with E-state index in [-0.39, 0.29) is 47.3 Å². The number of anilines is 4. The number of hydrogen-bond donors (Lipinski definition) is 5. The Bertz CT molecular complexity index is 1220. The molecule has 0 unspecified atom stereocenters. The lowest BCUT2D eigenvalue weighted by Gasteiger charge is -2.22. The Hall–Kier alpha value is -3.84. The van der Waals surface area contributed by atoms with Gasteiger partial charge >= 0.3 is 0 Å². The summed E-state index contributed by atoms with van der Waals surface area (Å²) in [7, 11) is 0. The van der Waals surface area contributed by atoms with Gasteiger partial charge in [-0.1, -0.05) is 6.07 Å². The van der Waals surface area contributed by atoms with Gasteiger partial charge in [0.2, 0.25) is 5.91 Å². The molecule has 1 fully saturated rings. The van der Waals surface area contributed by atoms with Gasteiger partial charge in [-0.15, -0.1) is 12.4 Å². The summed E-state index contributed by atoms with van der Waals surface area (Å²) in [4.78, 5) is 28.6. The van der Waals surface area contributed by atoms with Crippen LogP contribution in [0.3, 0.4) is 0 Å². The van der Waals surface area contributed by atoms with E-state index in [9.17, 15) is 18.4 Å². The number of aromatic nitrogens is 1. The van der Waals surface area contributed by atoms with Crippen molar-refractivity contribution in [1.82, 2.24) is 10.3 Å². The molecular formula is C25H31ClF2N6O4. The Morgan fingerprint density at radius 1 is 1.05 bits per heavy atom. The second kappa shape index (κ2) is 14.8. The van der Waals surface area contributed by atoms with E-state index >= 15 is 0 Å². The molecule has 1 aliphatic heterocycles. The number of nitrogens with zero attached hydrogens (tertiary/aromatic N) is 1. The summed E-state index contributed by atoms with van der Waals surface area (Å²) < 4.78 is 27.0. The minimum Gasteiger partial charge on any atom is -0.412 e. The molecule has 1 saturated heterocycles. The number of pyridine rings is 1. The first-order chi connectivity index (χ1) is 16.9. The number of carbonyl (C=O) groups excluding carboxylic acids is 2. The van der Waals surface area contributed by atoms with Gasteiger partial charge in [-0.25, -0.2) is 13.8 Å². The van der Waals surface area contributed by atoms with Gasteiger partial charge in [0.25, 0.3) is 5.91 Å². The predicted molar refractivity (Wildman–Crippen MR) is 145 cm³/mol. The highest BCUT2D eigenvalue weighted by molar-refractivity contribution is 5.98. The molecule has 0 spiro atoms. The third kappa shape index (κ3) is 8.63. The second-order valence-electron chi connectivity index (χ2n) is 8.35. The first-order valence-corrected chi connectivity index (χ1v) is 11.2. The molecule has 0 bridgehead atoms. The first-order valence-electron chi connectivity index (χ1n) is 11.2. The number of primary amides is 1. The highest BCUT2D eigenvalue weighted by Crippen LogP contribution is 2.24. The predicted octanol–water partition coefficient (Wildman–Crippen LogP) is 2.52. The topological polar surface area (TPSA) is 184 Å². The third-order valence-electron chi connectivity index (χ3n) is 5.64. The third-order valence-corrected chi connectivity index (χ3v) is 5.64. The van der Waals surface area contributed by atoms with Crippen molar-refractivity contribution in [3.05, 3.63) is 77.5 Å². The molecule has 38 heavy (non-hydrogen) atoms. The van der Waals surface area contributed by atoms with Crippen LogP contribution < -0.4 is 27.0 Å². The summed E-state index contributed by atoms with van der Waals surface area (Å²) in [5, 5.41) is 12.3. The van der Waals surface area contributed by atoms with Crippen LogP contribution in [0.2, 0.25) is 0 Å². The van der Waals surface area contributed by atoms with E-state index in [1.807, 2.05) is 6.07 Å². The van der Waals surface area contributed by atoms with Gasteiger partial charge in [-0.3, -0.25) is 9.59 Å². The minimum absolute atomic E-state index is 0. The molecule has 1 atom stereocenters. The van der Waals surface area contributed by atoms with Crippen LogP contribution in [-0.4, -0.2) is 40.8 Å². The van der Waals surface area contributed by atoms with Crippen LogP contribution in [0.4, 0.5) is 31.7 Å². The average molecular weight is 553 g/mol. The maximum Gasteiger partial charge on any atom is 0.252 e. The Balaban J connectivity index is 0.00000241. The van der Waals surface area contributed by atoms with Gasteiger partial charge in [0.05, 0.1) is 17.2 Å². The molecule has 13 heteroatoms. The summed E-state index contributed by atoms with van der Waals surface area (Å²) in [6, 6.07) is 11.9. The Labute approximate surface area is 224 Å². The molecule has 10 nitrogen and oxygen atoms in total. The summed E-state index contributed by atoms with van der Waals surface area (Å²) >= 11 is 0. The highest BCUT2D eigenvalue weighted by Gasteiger charge is 2.21.